The Hall–Kier alpha value is -3.03. The number of nitrogens with zero attached hydrogens (tertiary/aromatic N) is 4. The minimum absolute atomic E-state index is 0.202. The van der Waals surface area contributed by atoms with E-state index < -0.39 is 0 Å². The third-order valence-corrected chi connectivity index (χ3v) is 5.06. The summed E-state index contributed by atoms with van der Waals surface area (Å²) in [5, 5.41) is 11.8. The van der Waals surface area contributed by atoms with E-state index in [1.165, 1.54) is 0 Å². The van der Waals surface area contributed by atoms with Crippen molar-refractivity contribution in [1.82, 2.24) is 25.3 Å². The van der Waals surface area contributed by atoms with Crippen molar-refractivity contribution < 1.29 is 4.79 Å². The molecule has 0 fully saturated rings. The maximum Gasteiger partial charge on any atom is 0.274 e. The molecule has 1 amide bonds. The van der Waals surface area contributed by atoms with Gasteiger partial charge in [-0.05, 0) is 42.0 Å². The summed E-state index contributed by atoms with van der Waals surface area (Å²) in [6.07, 6.45) is 3.33. The van der Waals surface area contributed by atoms with Crippen molar-refractivity contribution in [3.63, 3.8) is 0 Å². The average molecular weight is 469 g/mol. The molecule has 8 heteroatoms. The number of pyridine rings is 1. The number of para-hydroxylation sites is 1. The van der Waals surface area contributed by atoms with Gasteiger partial charge in [0.15, 0.2) is 5.69 Å². The van der Waals surface area contributed by atoms with Gasteiger partial charge in [-0.25, -0.2) is 4.68 Å². The van der Waals surface area contributed by atoms with Gasteiger partial charge in [0.05, 0.1) is 10.7 Å². The minimum Gasteiger partial charge on any atom is -0.346 e. The molecular weight excluding hydrogens is 454 g/mol. The lowest BCUT2D eigenvalue weighted by molar-refractivity contribution is 0.0946. The zero-order valence-corrected chi connectivity index (χ0v) is 17.4. The highest BCUT2D eigenvalue weighted by Crippen LogP contribution is 2.28. The molecule has 2 heterocycles. The van der Waals surface area contributed by atoms with Crippen molar-refractivity contribution in [3.8, 4) is 16.9 Å². The van der Waals surface area contributed by atoms with E-state index in [-0.39, 0.29) is 11.6 Å². The first-order valence-electron chi connectivity index (χ1n) is 8.77. The van der Waals surface area contributed by atoms with Crippen LogP contribution >= 0.6 is 27.5 Å². The Kier molecular flexibility index (Phi) is 5.69. The van der Waals surface area contributed by atoms with Gasteiger partial charge in [0.2, 0.25) is 0 Å². The van der Waals surface area contributed by atoms with Crippen LogP contribution in [0.1, 0.15) is 16.1 Å². The van der Waals surface area contributed by atoms with Crippen molar-refractivity contribution in [2.75, 3.05) is 0 Å². The van der Waals surface area contributed by atoms with Crippen LogP contribution in [0.15, 0.2) is 77.5 Å². The van der Waals surface area contributed by atoms with Gasteiger partial charge in [0, 0.05) is 29.0 Å². The summed E-state index contributed by atoms with van der Waals surface area (Å²) < 4.78 is 2.51. The van der Waals surface area contributed by atoms with Gasteiger partial charge < -0.3 is 5.32 Å². The van der Waals surface area contributed by atoms with Crippen LogP contribution in [0.5, 0.6) is 0 Å². The Morgan fingerprint density at radius 2 is 1.97 bits per heavy atom. The number of hydrogen-bond acceptors (Lipinski definition) is 4. The molecule has 0 atom stereocenters. The van der Waals surface area contributed by atoms with Crippen molar-refractivity contribution in [3.05, 3.63) is 93.8 Å². The Morgan fingerprint density at radius 3 is 2.72 bits per heavy atom. The predicted octanol–water partition coefficient (Wildman–Crippen LogP) is 4.68. The smallest absolute Gasteiger partial charge is 0.274 e. The molecule has 29 heavy (non-hydrogen) atoms. The van der Waals surface area contributed by atoms with Crippen LogP contribution in [-0.4, -0.2) is 25.9 Å². The highest BCUT2D eigenvalue weighted by molar-refractivity contribution is 9.10. The van der Waals surface area contributed by atoms with Crippen molar-refractivity contribution >= 4 is 33.4 Å². The second-order valence-electron chi connectivity index (χ2n) is 6.20. The molecule has 0 saturated carbocycles. The molecule has 4 rings (SSSR count). The minimum atomic E-state index is -0.331. The van der Waals surface area contributed by atoms with Crippen molar-refractivity contribution in [1.29, 1.82) is 0 Å². The molecule has 0 aliphatic rings. The zero-order valence-electron chi connectivity index (χ0n) is 15.1. The molecule has 2 aromatic heterocycles. The SMILES string of the molecule is O=C(NCc1cccc(Br)c1)c1nnn(-c2ccccc2Cl)c1-c1cccnc1. The van der Waals surface area contributed by atoms with Crippen LogP contribution in [0.4, 0.5) is 0 Å². The lowest BCUT2D eigenvalue weighted by atomic mass is 10.1. The van der Waals surface area contributed by atoms with Gasteiger partial charge in [0.25, 0.3) is 5.91 Å². The van der Waals surface area contributed by atoms with Crippen LogP contribution in [0.3, 0.4) is 0 Å². The Bertz CT molecular complexity index is 1160. The molecule has 0 aliphatic heterocycles. The van der Waals surface area contributed by atoms with Gasteiger partial charge in [-0.2, -0.15) is 0 Å². The number of halogens is 2. The fourth-order valence-electron chi connectivity index (χ4n) is 2.90. The summed E-state index contributed by atoms with van der Waals surface area (Å²) in [7, 11) is 0. The lowest BCUT2D eigenvalue weighted by Gasteiger charge is -2.10. The average Bonchev–Trinajstić information content (AvgIpc) is 3.18. The third kappa shape index (κ3) is 4.21. The van der Waals surface area contributed by atoms with Crippen LogP contribution in [0.2, 0.25) is 5.02 Å². The molecule has 0 bridgehead atoms. The standard InChI is InChI=1S/C21H15BrClN5O/c22-16-7-3-5-14(11-16)12-25-21(29)19-20(15-6-4-10-24-13-15)28(27-26-19)18-9-2-1-8-17(18)23/h1-11,13H,12H2,(H,25,29). The van der Waals surface area contributed by atoms with Crippen LogP contribution in [-0.2, 0) is 6.54 Å². The molecule has 4 aromatic rings. The third-order valence-electron chi connectivity index (χ3n) is 4.24. The van der Waals surface area contributed by atoms with Crippen molar-refractivity contribution in [2.24, 2.45) is 0 Å². The number of carbonyl (C=O) groups excluding carboxylic acids is 1. The first-order chi connectivity index (χ1) is 14.1. The highest BCUT2D eigenvalue weighted by Gasteiger charge is 2.23. The molecule has 144 valence electrons. The first kappa shape index (κ1) is 19.3. The molecule has 0 spiro atoms. The Labute approximate surface area is 180 Å². The highest BCUT2D eigenvalue weighted by atomic mass is 79.9. The molecule has 0 aliphatic carbocycles. The summed E-state index contributed by atoms with van der Waals surface area (Å²) >= 11 is 9.79. The maximum atomic E-state index is 12.9. The number of hydrogen-bond donors (Lipinski definition) is 1. The van der Waals surface area contributed by atoms with E-state index in [1.54, 1.807) is 29.2 Å². The Balaban J connectivity index is 1.72. The van der Waals surface area contributed by atoms with Crippen LogP contribution < -0.4 is 5.32 Å². The molecule has 0 radical (unpaired) electrons. The predicted molar refractivity (Wildman–Crippen MR) is 115 cm³/mol. The first-order valence-corrected chi connectivity index (χ1v) is 9.94. The molecule has 0 saturated heterocycles. The number of carbonyl (C=O) groups is 1. The van der Waals surface area contributed by atoms with E-state index in [4.69, 9.17) is 11.6 Å². The summed E-state index contributed by atoms with van der Waals surface area (Å²) in [6, 6.07) is 18.6. The van der Waals surface area contributed by atoms with Crippen molar-refractivity contribution in [2.45, 2.75) is 6.54 Å². The number of amides is 1. The summed E-state index contributed by atoms with van der Waals surface area (Å²) in [6.45, 7) is 0.365. The van der Waals surface area contributed by atoms with E-state index in [2.05, 4.69) is 36.5 Å². The van der Waals surface area contributed by atoms with E-state index in [1.807, 2.05) is 48.5 Å². The summed E-state index contributed by atoms with van der Waals surface area (Å²) in [5.74, 6) is -0.331. The number of benzene rings is 2. The second-order valence-corrected chi connectivity index (χ2v) is 7.53. The zero-order chi connectivity index (χ0) is 20.2. The molecule has 0 unspecified atom stereocenters. The van der Waals surface area contributed by atoms with E-state index >= 15 is 0 Å². The fraction of sp³-hybridized carbons (Fsp3) is 0.0476. The fourth-order valence-corrected chi connectivity index (χ4v) is 3.56. The maximum absolute atomic E-state index is 12.9. The van der Waals surface area contributed by atoms with Gasteiger partial charge in [-0.15, -0.1) is 5.10 Å². The largest absolute Gasteiger partial charge is 0.346 e. The van der Waals surface area contributed by atoms with Gasteiger partial charge in [-0.3, -0.25) is 9.78 Å². The summed E-state index contributed by atoms with van der Waals surface area (Å²) in [4.78, 5) is 17.1. The van der Waals surface area contributed by atoms with E-state index in [0.717, 1.165) is 10.0 Å². The topological polar surface area (TPSA) is 72.7 Å². The molecule has 2 aromatic carbocycles. The molecular formula is C21H15BrClN5O. The van der Waals surface area contributed by atoms with Gasteiger partial charge in [-0.1, -0.05) is 57.0 Å². The number of aromatic nitrogens is 4. The lowest BCUT2D eigenvalue weighted by Crippen LogP contribution is -2.24. The number of rotatable bonds is 5. The van der Waals surface area contributed by atoms with E-state index in [9.17, 15) is 4.79 Å². The van der Waals surface area contributed by atoms with Crippen LogP contribution in [0.25, 0.3) is 16.9 Å². The Morgan fingerprint density at radius 1 is 1.10 bits per heavy atom. The van der Waals surface area contributed by atoms with Gasteiger partial charge in [0.1, 0.15) is 5.69 Å². The molecule has 6 nitrogen and oxygen atoms in total. The quantitative estimate of drug-likeness (QED) is 0.462. The van der Waals surface area contributed by atoms with E-state index in [0.29, 0.717) is 28.5 Å². The number of nitrogens with one attached hydrogen (secondary N) is 1. The summed E-state index contributed by atoms with van der Waals surface area (Å²) in [5.41, 5.74) is 3.04. The molecule has 1 N–H and O–H groups in total. The van der Waals surface area contributed by atoms with Crippen LogP contribution in [0, 0.1) is 0 Å². The normalized spacial score (nSPS) is 10.7. The van der Waals surface area contributed by atoms with Gasteiger partial charge >= 0.3 is 0 Å². The second kappa shape index (κ2) is 8.55. The monoisotopic (exact) mass is 467 g/mol.